The molecule has 1 saturated carbocycles. The van der Waals surface area contributed by atoms with Crippen molar-refractivity contribution in [3.05, 3.63) is 52.8 Å². The van der Waals surface area contributed by atoms with Crippen LogP contribution < -0.4 is 4.74 Å². The molecule has 1 atom stereocenters. The van der Waals surface area contributed by atoms with Crippen molar-refractivity contribution in [3.8, 4) is 28.7 Å². The number of aryl methyl sites for hydroxylation is 2. The van der Waals surface area contributed by atoms with Crippen LogP contribution in [0, 0.1) is 19.8 Å². The molecule has 3 heterocycles. The topological polar surface area (TPSA) is 82.5 Å². The van der Waals surface area contributed by atoms with E-state index in [4.69, 9.17) is 20.9 Å². The molecule has 0 aliphatic heterocycles. The summed E-state index contributed by atoms with van der Waals surface area (Å²) in [6.07, 6.45) is 3.04. The molecule has 4 aromatic rings. The van der Waals surface area contributed by atoms with Crippen molar-refractivity contribution in [2.75, 3.05) is 6.61 Å². The van der Waals surface area contributed by atoms with E-state index in [0.29, 0.717) is 33.5 Å². The van der Waals surface area contributed by atoms with Crippen LogP contribution in [0.1, 0.15) is 24.0 Å². The van der Waals surface area contributed by atoms with Gasteiger partial charge in [-0.3, -0.25) is 4.79 Å². The molecule has 5 rings (SSSR count). The molecule has 1 fully saturated rings. The second kappa shape index (κ2) is 7.91. The van der Waals surface area contributed by atoms with E-state index in [1.807, 2.05) is 32.2 Å². The van der Waals surface area contributed by atoms with E-state index in [1.54, 1.807) is 22.7 Å². The fourth-order valence-electron chi connectivity index (χ4n) is 3.97. The highest BCUT2D eigenvalue weighted by molar-refractivity contribution is 6.33. The van der Waals surface area contributed by atoms with Crippen LogP contribution in [0.4, 0.5) is 8.78 Å². The minimum absolute atomic E-state index is 0.0593. The number of ketones is 1. The van der Waals surface area contributed by atoms with Crippen LogP contribution in [-0.4, -0.2) is 37.8 Å². The number of imidazole rings is 1. The fourth-order valence-corrected chi connectivity index (χ4v) is 4.29. The number of Topliss-reactive ketones (excluding diaryl/α,β-unsaturated/α-hetero) is 1. The average molecular weight is 473 g/mol. The lowest BCUT2D eigenvalue weighted by molar-refractivity contribution is -0.138. The van der Waals surface area contributed by atoms with Crippen molar-refractivity contribution in [2.24, 2.45) is 5.92 Å². The van der Waals surface area contributed by atoms with Gasteiger partial charge in [0, 0.05) is 36.7 Å². The van der Waals surface area contributed by atoms with Gasteiger partial charge in [0.1, 0.15) is 11.4 Å². The lowest BCUT2D eigenvalue weighted by Crippen LogP contribution is -2.20. The van der Waals surface area contributed by atoms with Gasteiger partial charge in [-0.2, -0.15) is 13.8 Å². The zero-order chi connectivity index (χ0) is 23.3. The maximum Gasteiger partial charge on any atom is 0.305 e. The Morgan fingerprint density at radius 3 is 2.79 bits per heavy atom. The molecule has 170 valence electrons. The number of ether oxygens (including phenoxy) is 1. The highest BCUT2D eigenvalue weighted by Gasteiger charge is 2.48. The maximum atomic E-state index is 13.4. The molecule has 1 aliphatic rings. The number of carbonyl (C=O) groups excluding carboxylic acids is 1. The summed E-state index contributed by atoms with van der Waals surface area (Å²) >= 11 is 6.27. The van der Waals surface area contributed by atoms with Gasteiger partial charge in [-0.05, 0) is 49.2 Å². The predicted octanol–water partition coefficient (Wildman–Crippen LogP) is 5.31. The third-order valence-electron chi connectivity index (χ3n) is 5.62. The minimum Gasteiger partial charge on any atom is -0.493 e. The van der Waals surface area contributed by atoms with E-state index < -0.39 is 24.0 Å². The van der Waals surface area contributed by atoms with E-state index >= 15 is 0 Å². The monoisotopic (exact) mass is 472 g/mol. The number of carbonyl (C=O) groups is 1. The third kappa shape index (κ3) is 4.08. The summed E-state index contributed by atoms with van der Waals surface area (Å²) in [4.78, 5) is 20.3. The SMILES string of the molecule is Cc1cc(Cl)c2nc(-c3nc(-c4ccc(OC[C@H]5CC(=O)C(F)(F)C5)c(C)c4)no3)cn2c1. The van der Waals surface area contributed by atoms with Gasteiger partial charge in [0.25, 0.3) is 5.89 Å². The predicted molar refractivity (Wildman–Crippen MR) is 117 cm³/mol. The second-order valence-electron chi connectivity index (χ2n) is 8.34. The fraction of sp³-hybridized carbons (Fsp3) is 0.304. The van der Waals surface area contributed by atoms with Crippen molar-refractivity contribution >= 4 is 23.0 Å². The largest absolute Gasteiger partial charge is 0.493 e. The van der Waals surface area contributed by atoms with E-state index in [0.717, 1.165) is 11.1 Å². The Kier molecular flexibility index (Phi) is 5.16. The van der Waals surface area contributed by atoms with Gasteiger partial charge in [0.2, 0.25) is 11.6 Å². The van der Waals surface area contributed by atoms with Crippen LogP contribution in [0.25, 0.3) is 28.6 Å². The van der Waals surface area contributed by atoms with Crippen LogP contribution in [0.2, 0.25) is 5.02 Å². The van der Waals surface area contributed by atoms with Crippen LogP contribution in [0.5, 0.6) is 5.75 Å². The Morgan fingerprint density at radius 2 is 2.06 bits per heavy atom. The normalized spacial score (nSPS) is 17.7. The number of hydrogen-bond donors (Lipinski definition) is 0. The first-order valence-electron chi connectivity index (χ1n) is 10.3. The summed E-state index contributed by atoms with van der Waals surface area (Å²) in [5, 5.41) is 4.57. The number of rotatable bonds is 5. The van der Waals surface area contributed by atoms with Crippen LogP contribution >= 0.6 is 11.6 Å². The van der Waals surface area contributed by atoms with Gasteiger partial charge in [-0.25, -0.2) is 4.98 Å². The van der Waals surface area contributed by atoms with Gasteiger partial charge in [-0.1, -0.05) is 16.8 Å². The number of nitrogens with zero attached hydrogens (tertiary/aromatic N) is 4. The van der Waals surface area contributed by atoms with Crippen molar-refractivity contribution in [1.29, 1.82) is 0 Å². The van der Waals surface area contributed by atoms with Gasteiger partial charge in [0.15, 0.2) is 5.65 Å². The quantitative estimate of drug-likeness (QED) is 0.391. The van der Waals surface area contributed by atoms with Crippen molar-refractivity contribution < 1.29 is 22.8 Å². The van der Waals surface area contributed by atoms with Gasteiger partial charge >= 0.3 is 5.92 Å². The smallest absolute Gasteiger partial charge is 0.305 e. The molecule has 0 amide bonds. The van der Waals surface area contributed by atoms with E-state index in [-0.39, 0.29) is 18.9 Å². The Balaban J connectivity index is 1.32. The Bertz CT molecular complexity index is 1380. The molecule has 10 heteroatoms. The molecule has 33 heavy (non-hydrogen) atoms. The van der Waals surface area contributed by atoms with Crippen molar-refractivity contribution in [2.45, 2.75) is 32.6 Å². The zero-order valence-corrected chi connectivity index (χ0v) is 18.6. The zero-order valence-electron chi connectivity index (χ0n) is 17.8. The summed E-state index contributed by atoms with van der Waals surface area (Å²) in [5.74, 6) is -3.56. The number of alkyl halides is 2. The molecule has 3 aromatic heterocycles. The molecule has 0 spiro atoms. The van der Waals surface area contributed by atoms with E-state index in [2.05, 4.69) is 15.1 Å². The van der Waals surface area contributed by atoms with Crippen LogP contribution in [0.15, 0.2) is 41.2 Å². The van der Waals surface area contributed by atoms with Gasteiger partial charge < -0.3 is 13.7 Å². The lowest BCUT2D eigenvalue weighted by Gasteiger charge is -2.13. The van der Waals surface area contributed by atoms with Crippen molar-refractivity contribution in [1.82, 2.24) is 19.5 Å². The Morgan fingerprint density at radius 1 is 1.24 bits per heavy atom. The number of benzene rings is 1. The highest BCUT2D eigenvalue weighted by Crippen LogP contribution is 2.36. The number of fused-ring (bicyclic) bond motifs is 1. The number of hydrogen-bond acceptors (Lipinski definition) is 6. The Hall–Kier alpha value is -3.33. The molecule has 0 N–H and O–H groups in total. The van der Waals surface area contributed by atoms with E-state index in [9.17, 15) is 13.6 Å². The molecule has 0 saturated heterocycles. The number of aromatic nitrogens is 4. The van der Waals surface area contributed by atoms with Crippen molar-refractivity contribution in [3.63, 3.8) is 0 Å². The maximum absolute atomic E-state index is 13.4. The summed E-state index contributed by atoms with van der Waals surface area (Å²) in [6, 6.07) is 7.13. The van der Waals surface area contributed by atoms with Crippen LogP contribution in [-0.2, 0) is 4.79 Å². The average Bonchev–Trinajstić information content (AvgIpc) is 3.44. The summed E-state index contributed by atoms with van der Waals surface area (Å²) < 4.78 is 39.8. The van der Waals surface area contributed by atoms with E-state index in [1.165, 1.54) is 0 Å². The molecule has 1 aliphatic carbocycles. The molecule has 7 nitrogen and oxygen atoms in total. The first-order valence-corrected chi connectivity index (χ1v) is 10.7. The molecular formula is C23H19ClF2N4O3. The number of pyridine rings is 1. The molecular weight excluding hydrogens is 454 g/mol. The first-order chi connectivity index (χ1) is 15.7. The summed E-state index contributed by atoms with van der Waals surface area (Å²) in [6.45, 7) is 3.83. The number of halogens is 3. The summed E-state index contributed by atoms with van der Waals surface area (Å²) in [5.41, 5.74) is 3.57. The van der Waals surface area contributed by atoms with Gasteiger partial charge in [0.05, 0.1) is 11.6 Å². The molecule has 1 aromatic carbocycles. The first kappa shape index (κ1) is 21.5. The molecule has 0 unspecified atom stereocenters. The Labute approximate surface area is 192 Å². The minimum atomic E-state index is -3.24. The third-order valence-corrected chi connectivity index (χ3v) is 5.90. The molecule has 0 bridgehead atoms. The molecule has 0 radical (unpaired) electrons. The summed E-state index contributed by atoms with van der Waals surface area (Å²) in [7, 11) is 0. The second-order valence-corrected chi connectivity index (χ2v) is 8.75. The standard InChI is InChI=1S/C23H19ClF2N4O3/c1-12-5-16(24)21-27-17(10-30(21)9-12)22-28-20(29-33-22)15-3-4-18(13(2)6-15)32-11-14-7-19(31)23(25,26)8-14/h3-6,9-10,14H,7-8,11H2,1-2H3/t14-/m0/s1. The highest BCUT2D eigenvalue weighted by atomic mass is 35.5. The van der Waals surface area contributed by atoms with Gasteiger partial charge in [-0.15, -0.1) is 0 Å². The van der Waals surface area contributed by atoms with Crippen LogP contribution in [0.3, 0.4) is 0 Å². The lowest BCUT2D eigenvalue weighted by atomic mass is 10.1.